The van der Waals surface area contributed by atoms with Crippen LogP contribution >= 0.6 is 0 Å². The van der Waals surface area contributed by atoms with Gasteiger partial charge >= 0.3 is 0 Å². The zero-order valence-corrected chi connectivity index (χ0v) is 15.8. The van der Waals surface area contributed by atoms with E-state index in [1.165, 1.54) is 0 Å². The summed E-state index contributed by atoms with van der Waals surface area (Å²) < 4.78 is 0. The number of nitrogens with one attached hydrogen (secondary N) is 1. The fourth-order valence-corrected chi connectivity index (χ4v) is 3.60. The number of Topliss-reactive ketones (excluding diaryl/α,β-unsaturated/α-hetero) is 1. The molecule has 3 rings (SSSR count). The van der Waals surface area contributed by atoms with Gasteiger partial charge in [-0.15, -0.1) is 0 Å². The highest BCUT2D eigenvalue weighted by Gasteiger charge is 2.29. The fourth-order valence-electron chi connectivity index (χ4n) is 3.60. The Morgan fingerprint density at radius 1 is 1.19 bits per heavy atom. The molecule has 2 aromatic rings. The number of hydrogen-bond donors (Lipinski definition) is 2. The topological polar surface area (TPSA) is 69.6 Å². The predicted octanol–water partition coefficient (Wildman–Crippen LogP) is 3.09. The normalized spacial score (nSPS) is 17.0. The summed E-state index contributed by atoms with van der Waals surface area (Å²) >= 11 is 0. The van der Waals surface area contributed by atoms with Gasteiger partial charge in [-0.1, -0.05) is 36.4 Å². The van der Waals surface area contributed by atoms with E-state index in [1.54, 1.807) is 12.1 Å². The lowest BCUT2D eigenvalue weighted by Gasteiger charge is -2.24. The van der Waals surface area contributed by atoms with E-state index in [2.05, 4.69) is 10.2 Å². The van der Waals surface area contributed by atoms with Gasteiger partial charge in [0.15, 0.2) is 5.78 Å². The fraction of sp³-hybridized carbons (Fsp3) is 0.364. The summed E-state index contributed by atoms with van der Waals surface area (Å²) in [6.07, 6.45) is 2.29. The molecule has 0 radical (unpaired) electrons. The van der Waals surface area contributed by atoms with Gasteiger partial charge in [0.05, 0.1) is 6.04 Å². The first kappa shape index (κ1) is 19.1. The van der Waals surface area contributed by atoms with Crippen LogP contribution in [0.2, 0.25) is 0 Å². The Balaban J connectivity index is 1.55. The van der Waals surface area contributed by atoms with E-state index in [-0.39, 0.29) is 29.5 Å². The van der Waals surface area contributed by atoms with Gasteiger partial charge in [-0.3, -0.25) is 9.59 Å². The Morgan fingerprint density at radius 2 is 1.89 bits per heavy atom. The molecular formula is C22H26N2O3. The first-order chi connectivity index (χ1) is 12.9. The third-order valence-corrected chi connectivity index (χ3v) is 5.20. The second-order valence-electron chi connectivity index (χ2n) is 7.36. The van der Waals surface area contributed by atoms with E-state index in [1.807, 2.05) is 50.5 Å². The number of phenolic OH excluding ortho intramolecular Hbond substituents is 1. The predicted molar refractivity (Wildman–Crippen MR) is 105 cm³/mol. The van der Waals surface area contributed by atoms with Crippen LogP contribution in [0.5, 0.6) is 5.75 Å². The molecule has 2 atom stereocenters. The lowest BCUT2D eigenvalue weighted by Crippen LogP contribution is -2.33. The average molecular weight is 366 g/mol. The minimum Gasteiger partial charge on any atom is -0.508 e. The van der Waals surface area contributed by atoms with Crippen LogP contribution < -0.4 is 5.32 Å². The quantitative estimate of drug-likeness (QED) is 0.790. The maximum absolute atomic E-state index is 12.5. The van der Waals surface area contributed by atoms with Crippen LogP contribution in [0.25, 0.3) is 0 Å². The molecule has 5 nitrogen and oxygen atoms in total. The molecule has 2 aromatic carbocycles. The second-order valence-corrected chi connectivity index (χ2v) is 7.36. The van der Waals surface area contributed by atoms with Crippen LogP contribution in [-0.2, 0) is 11.2 Å². The first-order valence-corrected chi connectivity index (χ1v) is 9.30. The van der Waals surface area contributed by atoms with Crippen LogP contribution in [0.1, 0.15) is 46.8 Å². The number of likely N-dealkylation sites (N-methyl/N-ethyl adjacent to an activating group) is 1. The van der Waals surface area contributed by atoms with E-state index in [0.29, 0.717) is 12.8 Å². The number of rotatable bonds is 7. The van der Waals surface area contributed by atoms with Crippen molar-refractivity contribution < 1.29 is 14.7 Å². The van der Waals surface area contributed by atoms with Crippen molar-refractivity contribution in [3.05, 3.63) is 65.2 Å². The van der Waals surface area contributed by atoms with Gasteiger partial charge in [-0.25, -0.2) is 0 Å². The third kappa shape index (κ3) is 4.74. The van der Waals surface area contributed by atoms with Gasteiger partial charge in [0.1, 0.15) is 5.75 Å². The summed E-state index contributed by atoms with van der Waals surface area (Å²) in [7, 11) is 4.02. The van der Waals surface area contributed by atoms with E-state index in [4.69, 9.17) is 0 Å². The molecular weight excluding hydrogens is 340 g/mol. The van der Waals surface area contributed by atoms with Gasteiger partial charge in [0.25, 0.3) is 0 Å². The molecule has 5 heteroatoms. The van der Waals surface area contributed by atoms with Crippen molar-refractivity contribution in [1.29, 1.82) is 0 Å². The van der Waals surface area contributed by atoms with Crippen molar-refractivity contribution >= 4 is 11.7 Å². The number of nitrogens with zero attached hydrogens (tertiary/aromatic N) is 1. The van der Waals surface area contributed by atoms with E-state index in [0.717, 1.165) is 29.5 Å². The van der Waals surface area contributed by atoms with Gasteiger partial charge in [0.2, 0.25) is 5.91 Å². The van der Waals surface area contributed by atoms with E-state index >= 15 is 0 Å². The number of amides is 1. The Bertz CT molecular complexity index is 815. The highest BCUT2D eigenvalue weighted by molar-refractivity contribution is 6.01. The van der Waals surface area contributed by atoms with Crippen molar-refractivity contribution in [2.45, 2.75) is 37.8 Å². The number of carbonyl (C=O) groups is 2. The molecule has 0 heterocycles. The first-order valence-electron chi connectivity index (χ1n) is 9.30. The molecule has 1 amide bonds. The lowest BCUT2D eigenvalue weighted by molar-refractivity contribution is -0.122. The molecule has 0 fully saturated rings. The monoisotopic (exact) mass is 366 g/mol. The summed E-state index contributed by atoms with van der Waals surface area (Å²) in [4.78, 5) is 26.6. The summed E-state index contributed by atoms with van der Waals surface area (Å²) in [5.74, 6) is 0.322. The minimum absolute atomic E-state index is 0.0259. The number of benzene rings is 2. The van der Waals surface area contributed by atoms with Crippen LogP contribution in [0.15, 0.2) is 48.5 Å². The van der Waals surface area contributed by atoms with Crippen LogP contribution in [0, 0.1) is 0 Å². The Kier molecular flexibility index (Phi) is 5.91. The molecule has 1 aliphatic rings. The molecule has 142 valence electrons. The molecule has 1 aliphatic carbocycles. The smallest absolute Gasteiger partial charge is 0.220 e. The molecule has 0 unspecified atom stereocenters. The Hall–Kier alpha value is -2.66. The third-order valence-electron chi connectivity index (χ3n) is 5.20. The maximum atomic E-state index is 12.5. The summed E-state index contributed by atoms with van der Waals surface area (Å²) in [5, 5.41) is 12.4. The van der Waals surface area contributed by atoms with Gasteiger partial charge < -0.3 is 15.3 Å². The Labute approximate surface area is 160 Å². The summed E-state index contributed by atoms with van der Waals surface area (Å²) in [6, 6.07) is 14.7. The molecule has 0 bridgehead atoms. The van der Waals surface area contributed by atoms with Crippen molar-refractivity contribution in [3.8, 4) is 5.75 Å². The highest BCUT2D eigenvalue weighted by atomic mass is 16.3. The molecule has 27 heavy (non-hydrogen) atoms. The van der Waals surface area contributed by atoms with Crippen molar-refractivity contribution in [2.24, 2.45) is 0 Å². The number of hydrogen-bond acceptors (Lipinski definition) is 4. The highest BCUT2D eigenvalue weighted by Crippen LogP contribution is 2.30. The van der Waals surface area contributed by atoms with Crippen LogP contribution in [-0.4, -0.2) is 41.8 Å². The molecule has 0 saturated heterocycles. The van der Waals surface area contributed by atoms with Crippen molar-refractivity contribution in [2.75, 3.05) is 14.1 Å². The van der Waals surface area contributed by atoms with Gasteiger partial charge in [-0.05, 0) is 50.2 Å². The number of aromatic hydroxyl groups is 1. The number of fused-ring (bicyclic) bond motifs is 1. The molecule has 0 saturated carbocycles. The Morgan fingerprint density at radius 3 is 2.59 bits per heavy atom. The lowest BCUT2D eigenvalue weighted by atomic mass is 10.0. The van der Waals surface area contributed by atoms with Crippen molar-refractivity contribution in [1.82, 2.24) is 10.2 Å². The van der Waals surface area contributed by atoms with Gasteiger partial charge in [0, 0.05) is 24.4 Å². The maximum Gasteiger partial charge on any atom is 0.220 e. The molecule has 2 N–H and O–H groups in total. The summed E-state index contributed by atoms with van der Waals surface area (Å²) in [6.45, 7) is 0. The number of carbonyl (C=O) groups excluding carboxylic acids is 2. The SMILES string of the molecule is CN(C)[C@H](CCC(=O)N[C@H]1CC(=O)c2ccccc21)Cc1ccc(O)cc1. The molecule has 0 aromatic heterocycles. The number of ketones is 1. The average Bonchev–Trinajstić information content (AvgIpc) is 2.96. The van der Waals surface area contributed by atoms with Gasteiger partial charge in [-0.2, -0.15) is 0 Å². The molecule has 0 spiro atoms. The van der Waals surface area contributed by atoms with Crippen LogP contribution in [0.4, 0.5) is 0 Å². The van der Waals surface area contributed by atoms with E-state index in [9.17, 15) is 14.7 Å². The zero-order valence-electron chi connectivity index (χ0n) is 15.8. The number of phenols is 1. The largest absolute Gasteiger partial charge is 0.508 e. The van der Waals surface area contributed by atoms with E-state index < -0.39 is 0 Å². The second kappa shape index (κ2) is 8.35. The molecule has 0 aliphatic heterocycles. The standard InChI is InChI=1S/C22H26N2O3/c1-24(2)16(13-15-7-10-17(25)11-8-15)9-12-22(27)23-20-14-21(26)19-6-4-3-5-18(19)20/h3-8,10-11,16,20,25H,9,12-14H2,1-2H3,(H,23,27)/t16-,20+/m1/s1. The van der Waals surface area contributed by atoms with Crippen LogP contribution in [0.3, 0.4) is 0 Å². The minimum atomic E-state index is -0.212. The van der Waals surface area contributed by atoms with Crippen molar-refractivity contribution in [3.63, 3.8) is 0 Å². The summed E-state index contributed by atoms with van der Waals surface area (Å²) in [5.41, 5.74) is 2.77. The zero-order chi connectivity index (χ0) is 19.4.